The number of likely N-dealkylation sites (tertiary alicyclic amines) is 1. The second-order valence-electron chi connectivity index (χ2n) is 6.87. The van der Waals surface area contributed by atoms with Gasteiger partial charge in [-0.1, -0.05) is 12.1 Å². The van der Waals surface area contributed by atoms with Crippen LogP contribution in [0.2, 0.25) is 0 Å². The minimum absolute atomic E-state index is 0. The van der Waals surface area contributed by atoms with Crippen LogP contribution in [0, 0.1) is 18.7 Å². The van der Waals surface area contributed by atoms with Gasteiger partial charge in [0.15, 0.2) is 0 Å². The molecule has 0 aliphatic carbocycles. The molecule has 2 atom stereocenters. The lowest BCUT2D eigenvalue weighted by Gasteiger charge is -2.35. The summed E-state index contributed by atoms with van der Waals surface area (Å²) in [6.45, 7) is 4.17. The van der Waals surface area contributed by atoms with E-state index in [1.807, 2.05) is 11.9 Å². The van der Waals surface area contributed by atoms with Crippen molar-refractivity contribution in [2.75, 3.05) is 26.7 Å². The van der Waals surface area contributed by atoms with Gasteiger partial charge in [-0.05, 0) is 67.4 Å². The molecule has 2 unspecified atom stereocenters. The molecule has 1 fully saturated rings. The lowest BCUT2D eigenvalue weighted by atomic mass is 9.96. The van der Waals surface area contributed by atoms with Gasteiger partial charge in [-0.2, -0.15) is 0 Å². The van der Waals surface area contributed by atoms with Crippen molar-refractivity contribution in [1.82, 2.24) is 30.4 Å². The maximum Gasteiger partial charge on any atom is 0.247 e. The molecule has 9 heteroatoms. The van der Waals surface area contributed by atoms with Crippen LogP contribution in [0.5, 0.6) is 0 Å². The highest BCUT2D eigenvalue weighted by Gasteiger charge is 2.31. The van der Waals surface area contributed by atoms with Gasteiger partial charge in [-0.15, -0.1) is 17.5 Å². The van der Waals surface area contributed by atoms with Crippen LogP contribution in [0.25, 0.3) is 0 Å². The lowest BCUT2D eigenvalue weighted by molar-refractivity contribution is -0.137. The van der Waals surface area contributed by atoms with Gasteiger partial charge >= 0.3 is 0 Å². The Morgan fingerprint density at radius 1 is 1.37 bits per heavy atom. The highest BCUT2D eigenvalue weighted by atomic mass is 35.5. The molecule has 1 aromatic heterocycles. The van der Waals surface area contributed by atoms with Crippen molar-refractivity contribution in [2.45, 2.75) is 32.2 Å². The van der Waals surface area contributed by atoms with Crippen molar-refractivity contribution < 1.29 is 9.18 Å². The first-order valence-electron chi connectivity index (χ1n) is 9.00. The second-order valence-corrected chi connectivity index (χ2v) is 6.87. The molecule has 2 heterocycles. The van der Waals surface area contributed by atoms with Crippen molar-refractivity contribution in [3.05, 3.63) is 41.5 Å². The number of aromatic nitrogens is 4. The highest BCUT2D eigenvalue weighted by molar-refractivity contribution is 5.85. The minimum Gasteiger partial charge on any atom is -0.341 e. The molecule has 1 N–H and O–H groups in total. The van der Waals surface area contributed by atoms with Gasteiger partial charge in [-0.25, -0.2) is 9.07 Å². The van der Waals surface area contributed by atoms with E-state index >= 15 is 0 Å². The van der Waals surface area contributed by atoms with E-state index < -0.39 is 6.04 Å². The smallest absolute Gasteiger partial charge is 0.247 e. The van der Waals surface area contributed by atoms with E-state index in [1.54, 1.807) is 23.7 Å². The average molecular weight is 397 g/mol. The summed E-state index contributed by atoms with van der Waals surface area (Å²) in [7, 11) is 1.93. The fourth-order valence-electron chi connectivity index (χ4n) is 3.58. The molecule has 0 spiro atoms. The van der Waals surface area contributed by atoms with Crippen LogP contribution in [0.15, 0.2) is 24.3 Å². The van der Waals surface area contributed by atoms with Gasteiger partial charge in [0.25, 0.3) is 0 Å². The summed E-state index contributed by atoms with van der Waals surface area (Å²) >= 11 is 0. The van der Waals surface area contributed by atoms with E-state index in [0.717, 1.165) is 38.0 Å². The molecule has 1 saturated heterocycles. The van der Waals surface area contributed by atoms with Gasteiger partial charge in [0.05, 0.1) is 0 Å². The number of halogens is 2. The monoisotopic (exact) mass is 396 g/mol. The Kier molecular flexibility index (Phi) is 7.67. The third-order valence-electron chi connectivity index (χ3n) is 4.90. The average Bonchev–Trinajstić information content (AvgIpc) is 3.07. The van der Waals surface area contributed by atoms with E-state index in [2.05, 4.69) is 20.8 Å². The van der Waals surface area contributed by atoms with Crippen molar-refractivity contribution in [2.24, 2.45) is 5.92 Å². The highest BCUT2D eigenvalue weighted by Crippen LogP contribution is 2.22. The first kappa shape index (κ1) is 21.2. The van der Waals surface area contributed by atoms with Crippen molar-refractivity contribution in [1.29, 1.82) is 0 Å². The van der Waals surface area contributed by atoms with E-state index in [9.17, 15) is 9.18 Å². The molecule has 3 rings (SSSR count). The number of carbonyl (C=O) groups excluding carboxylic acids is 1. The predicted octanol–water partition coefficient (Wildman–Crippen LogP) is 1.78. The van der Waals surface area contributed by atoms with E-state index in [4.69, 9.17) is 0 Å². The number of rotatable bonds is 6. The fourth-order valence-corrected chi connectivity index (χ4v) is 3.58. The Bertz CT molecular complexity index is 736. The Balaban J connectivity index is 0.00000261. The lowest BCUT2D eigenvalue weighted by Crippen LogP contribution is -2.46. The molecule has 0 radical (unpaired) electrons. The number of amides is 1. The zero-order chi connectivity index (χ0) is 18.5. The molecule has 0 saturated carbocycles. The van der Waals surface area contributed by atoms with Crippen molar-refractivity contribution in [3.63, 3.8) is 0 Å². The van der Waals surface area contributed by atoms with Crippen LogP contribution in [0.1, 0.15) is 30.3 Å². The standard InChI is InChI=1S/C18H25FN6O.ClH/c1-13-21-22-23-25(13)17(10-14-5-7-16(19)8-6-14)18(26)24-9-3-4-15(12-24)11-20-2;/h5-8,15,17,20H,3-4,9-12H2,1-2H3;1H. The summed E-state index contributed by atoms with van der Waals surface area (Å²) in [4.78, 5) is 15.2. The fraction of sp³-hybridized carbons (Fsp3) is 0.556. The maximum atomic E-state index is 13.3. The zero-order valence-electron chi connectivity index (χ0n) is 15.6. The topological polar surface area (TPSA) is 75.9 Å². The quantitative estimate of drug-likeness (QED) is 0.805. The minimum atomic E-state index is -0.524. The predicted molar refractivity (Wildman–Crippen MR) is 102 cm³/mol. The molecular formula is C18H26ClFN6O. The normalized spacial score (nSPS) is 18.0. The molecule has 1 aromatic carbocycles. The first-order chi connectivity index (χ1) is 12.6. The van der Waals surface area contributed by atoms with Gasteiger partial charge in [0.1, 0.15) is 17.7 Å². The summed E-state index contributed by atoms with van der Waals surface area (Å²) in [6.07, 6.45) is 2.55. The summed E-state index contributed by atoms with van der Waals surface area (Å²) in [5.41, 5.74) is 0.878. The van der Waals surface area contributed by atoms with Crippen LogP contribution in [-0.2, 0) is 11.2 Å². The van der Waals surface area contributed by atoms with Gasteiger partial charge in [0.2, 0.25) is 5.91 Å². The number of benzene rings is 1. The number of hydrogen-bond acceptors (Lipinski definition) is 5. The Morgan fingerprint density at radius 3 is 2.74 bits per heavy atom. The van der Waals surface area contributed by atoms with Crippen LogP contribution >= 0.6 is 12.4 Å². The number of nitrogens with one attached hydrogen (secondary N) is 1. The van der Waals surface area contributed by atoms with E-state index in [1.165, 1.54) is 12.1 Å². The number of piperidine rings is 1. The molecule has 0 bridgehead atoms. The Morgan fingerprint density at radius 2 is 2.11 bits per heavy atom. The number of tetrazole rings is 1. The van der Waals surface area contributed by atoms with Gasteiger partial charge < -0.3 is 10.2 Å². The molecular weight excluding hydrogens is 371 g/mol. The van der Waals surface area contributed by atoms with E-state index in [0.29, 0.717) is 18.2 Å². The number of aryl methyl sites for hydroxylation is 1. The second kappa shape index (κ2) is 9.75. The van der Waals surface area contributed by atoms with Gasteiger partial charge in [0, 0.05) is 19.5 Å². The third kappa shape index (κ3) is 5.23. The molecule has 1 aliphatic rings. The summed E-state index contributed by atoms with van der Waals surface area (Å²) in [5.74, 6) is 0.778. The van der Waals surface area contributed by atoms with Crippen LogP contribution < -0.4 is 5.32 Å². The van der Waals surface area contributed by atoms with E-state index in [-0.39, 0.29) is 24.1 Å². The molecule has 1 aliphatic heterocycles. The summed E-state index contributed by atoms with van der Waals surface area (Å²) in [6, 6.07) is 5.70. The Hall–Kier alpha value is -2.06. The first-order valence-corrected chi connectivity index (χ1v) is 9.00. The summed E-state index contributed by atoms with van der Waals surface area (Å²) < 4.78 is 14.8. The maximum absolute atomic E-state index is 13.3. The van der Waals surface area contributed by atoms with Gasteiger partial charge in [-0.3, -0.25) is 4.79 Å². The van der Waals surface area contributed by atoms with Crippen molar-refractivity contribution >= 4 is 18.3 Å². The van der Waals surface area contributed by atoms with Crippen molar-refractivity contribution in [3.8, 4) is 0 Å². The molecule has 2 aromatic rings. The number of nitrogens with zero attached hydrogens (tertiary/aromatic N) is 5. The van der Waals surface area contributed by atoms with Crippen LogP contribution in [-0.4, -0.2) is 57.7 Å². The molecule has 1 amide bonds. The Labute approximate surface area is 164 Å². The molecule has 7 nitrogen and oxygen atoms in total. The third-order valence-corrected chi connectivity index (χ3v) is 4.90. The zero-order valence-corrected chi connectivity index (χ0v) is 16.5. The largest absolute Gasteiger partial charge is 0.341 e. The van der Waals surface area contributed by atoms with Crippen LogP contribution in [0.4, 0.5) is 4.39 Å². The molecule has 148 valence electrons. The number of hydrogen-bond donors (Lipinski definition) is 1. The SMILES string of the molecule is CNCC1CCCN(C(=O)C(Cc2ccc(F)cc2)n2nnnc2C)C1.Cl. The summed E-state index contributed by atoms with van der Waals surface area (Å²) in [5, 5.41) is 14.8. The van der Waals surface area contributed by atoms with Crippen LogP contribution in [0.3, 0.4) is 0 Å². The number of carbonyl (C=O) groups is 1. The molecule has 27 heavy (non-hydrogen) atoms.